The fourth-order valence-corrected chi connectivity index (χ4v) is 2.11. The molecule has 0 atom stereocenters. The van der Waals surface area contributed by atoms with Crippen molar-refractivity contribution in [1.29, 1.82) is 0 Å². The third kappa shape index (κ3) is 6.86. The van der Waals surface area contributed by atoms with Gasteiger partial charge >= 0.3 is 11.9 Å². The molecule has 0 N–H and O–H groups in total. The first-order valence-corrected chi connectivity index (χ1v) is 8.08. The highest BCUT2D eigenvalue weighted by Crippen LogP contribution is 2.34. The average Bonchev–Trinajstić information content (AvgIpc) is 2.45. The summed E-state index contributed by atoms with van der Waals surface area (Å²) in [5, 5.41) is 0.719. The quantitative estimate of drug-likeness (QED) is 0.279. The molecule has 0 heterocycles. The molecular formula is C15H17Cl3O4. The molecule has 122 valence electrons. The van der Waals surface area contributed by atoms with E-state index in [4.69, 9.17) is 44.3 Å². The summed E-state index contributed by atoms with van der Waals surface area (Å²) in [6.07, 6.45) is 2.41. The number of esters is 2. The number of ether oxygens (including phenoxy) is 2. The second kappa shape index (κ2) is 9.93. The van der Waals surface area contributed by atoms with E-state index >= 15 is 0 Å². The van der Waals surface area contributed by atoms with Gasteiger partial charge in [0.05, 0.1) is 21.7 Å². The van der Waals surface area contributed by atoms with Crippen LogP contribution < -0.4 is 4.74 Å². The summed E-state index contributed by atoms with van der Waals surface area (Å²) in [5.41, 5.74) is 0. The van der Waals surface area contributed by atoms with Crippen LogP contribution in [-0.2, 0) is 14.3 Å². The summed E-state index contributed by atoms with van der Waals surface area (Å²) in [6.45, 7) is 2.43. The first kappa shape index (κ1) is 19.1. The summed E-state index contributed by atoms with van der Waals surface area (Å²) in [6, 6.07) is 2.78. The first-order chi connectivity index (χ1) is 10.4. The molecule has 0 saturated carbocycles. The number of carbonyl (C=O) groups is 2. The fraction of sp³-hybridized carbons (Fsp3) is 0.467. The van der Waals surface area contributed by atoms with Gasteiger partial charge in [0.15, 0.2) is 5.75 Å². The van der Waals surface area contributed by atoms with E-state index in [2.05, 4.69) is 0 Å². The minimum atomic E-state index is -0.498. The van der Waals surface area contributed by atoms with E-state index in [1.165, 1.54) is 12.1 Å². The van der Waals surface area contributed by atoms with Gasteiger partial charge in [-0.25, -0.2) is 0 Å². The summed E-state index contributed by atoms with van der Waals surface area (Å²) in [4.78, 5) is 23.1. The van der Waals surface area contributed by atoms with Gasteiger partial charge < -0.3 is 9.47 Å². The number of benzene rings is 1. The van der Waals surface area contributed by atoms with Crippen molar-refractivity contribution >= 4 is 46.7 Å². The highest BCUT2D eigenvalue weighted by molar-refractivity contribution is 6.43. The topological polar surface area (TPSA) is 52.6 Å². The van der Waals surface area contributed by atoms with Crippen LogP contribution in [0.4, 0.5) is 0 Å². The van der Waals surface area contributed by atoms with E-state index < -0.39 is 5.97 Å². The SMILES string of the molecule is CCCCOC(=O)CCCC(=O)Oc1cc(Cl)c(Cl)cc1Cl. The number of rotatable bonds is 8. The zero-order valence-corrected chi connectivity index (χ0v) is 14.4. The van der Waals surface area contributed by atoms with Crippen molar-refractivity contribution in [3.63, 3.8) is 0 Å². The van der Waals surface area contributed by atoms with E-state index in [0.717, 1.165) is 12.8 Å². The highest BCUT2D eigenvalue weighted by atomic mass is 35.5. The van der Waals surface area contributed by atoms with Crippen molar-refractivity contribution in [3.05, 3.63) is 27.2 Å². The van der Waals surface area contributed by atoms with Crippen molar-refractivity contribution in [1.82, 2.24) is 0 Å². The molecular weight excluding hydrogens is 351 g/mol. The van der Waals surface area contributed by atoms with E-state index in [-0.39, 0.29) is 39.6 Å². The maximum absolute atomic E-state index is 11.7. The van der Waals surface area contributed by atoms with E-state index in [1.54, 1.807) is 0 Å². The number of halogens is 3. The Balaban J connectivity index is 2.35. The van der Waals surface area contributed by atoms with Gasteiger partial charge in [0.1, 0.15) is 0 Å². The molecule has 0 aliphatic rings. The van der Waals surface area contributed by atoms with Crippen molar-refractivity contribution in [3.8, 4) is 5.75 Å². The lowest BCUT2D eigenvalue weighted by atomic mass is 10.2. The maximum Gasteiger partial charge on any atom is 0.311 e. The van der Waals surface area contributed by atoms with Crippen LogP contribution in [0, 0.1) is 0 Å². The lowest BCUT2D eigenvalue weighted by molar-refractivity contribution is -0.144. The van der Waals surface area contributed by atoms with Gasteiger partial charge in [-0.2, -0.15) is 0 Å². The monoisotopic (exact) mass is 366 g/mol. The Morgan fingerprint density at radius 3 is 2.27 bits per heavy atom. The van der Waals surface area contributed by atoms with Crippen LogP contribution in [0.1, 0.15) is 39.0 Å². The van der Waals surface area contributed by atoms with Crippen LogP contribution in [0.2, 0.25) is 15.1 Å². The van der Waals surface area contributed by atoms with Crippen LogP contribution in [0.5, 0.6) is 5.75 Å². The van der Waals surface area contributed by atoms with Crippen molar-refractivity contribution in [2.75, 3.05) is 6.61 Å². The Morgan fingerprint density at radius 2 is 1.59 bits per heavy atom. The minimum absolute atomic E-state index is 0.0828. The minimum Gasteiger partial charge on any atom is -0.466 e. The highest BCUT2D eigenvalue weighted by Gasteiger charge is 2.12. The molecule has 0 unspecified atom stereocenters. The van der Waals surface area contributed by atoms with Gasteiger partial charge in [0.2, 0.25) is 0 Å². The molecule has 7 heteroatoms. The number of unbranched alkanes of at least 4 members (excludes halogenated alkanes) is 1. The fourth-order valence-electron chi connectivity index (χ4n) is 1.54. The van der Waals surface area contributed by atoms with E-state index in [9.17, 15) is 9.59 Å². The Kier molecular flexibility index (Phi) is 8.61. The normalized spacial score (nSPS) is 10.4. The molecule has 0 fully saturated rings. The van der Waals surface area contributed by atoms with Crippen molar-refractivity contribution < 1.29 is 19.1 Å². The Bertz CT molecular complexity index is 532. The summed E-state index contributed by atoms with van der Waals surface area (Å²) in [7, 11) is 0. The van der Waals surface area contributed by atoms with E-state index in [1.807, 2.05) is 6.92 Å². The second-order valence-corrected chi connectivity index (χ2v) is 5.82. The number of hydrogen-bond donors (Lipinski definition) is 0. The second-order valence-electron chi connectivity index (χ2n) is 4.60. The standard InChI is InChI=1S/C15H17Cl3O4/c1-2-3-7-21-14(19)5-4-6-15(20)22-13-9-11(17)10(16)8-12(13)18/h8-9H,2-7H2,1H3. The van der Waals surface area contributed by atoms with Crippen molar-refractivity contribution in [2.24, 2.45) is 0 Å². The van der Waals surface area contributed by atoms with Gasteiger partial charge in [-0.05, 0) is 18.9 Å². The van der Waals surface area contributed by atoms with Crippen molar-refractivity contribution in [2.45, 2.75) is 39.0 Å². The molecule has 0 saturated heterocycles. The van der Waals surface area contributed by atoms with Gasteiger partial charge in [0, 0.05) is 18.9 Å². The van der Waals surface area contributed by atoms with Gasteiger partial charge in [-0.1, -0.05) is 48.1 Å². The first-order valence-electron chi connectivity index (χ1n) is 6.95. The smallest absolute Gasteiger partial charge is 0.311 e. The van der Waals surface area contributed by atoms with Gasteiger partial charge in [-0.15, -0.1) is 0 Å². The predicted molar refractivity (Wildman–Crippen MR) is 86.8 cm³/mol. The summed E-state index contributed by atoms with van der Waals surface area (Å²) < 4.78 is 10.1. The van der Waals surface area contributed by atoms with Crippen LogP contribution in [0.25, 0.3) is 0 Å². The van der Waals surface area contributed by atoms with Gasteiger partial charge in [-0.3, -0.25) is 9.59 Å². The number of hydrogen-bond acceptors (Lipinski definition) is 4. The molecule has 1 aromatic rings. The molecule has 0 aliphatic heterocycles. The molecule has 0 spiro atoms. The summed E-state index contributed by atoms with van der Waals surface area (Å²) in [5.74, 6) is -0.665. The largest absolute Gasteiger partial charge is 0.466 e. The molecule has 4 nitrogen and oxygen atoms in total. The zero-order chi connectivity index (χ0) is 16.5. The molecule has 1 aromatic carbocycles. The summed E-state index contributed by atoms with van der Waals surface area (Å²) >= 11 is 17.5. The third-order valence-corrected chi connectivity index (χ3v) is 3.74. The predicted octanol–water partition coefficient (Wildman–Crippen LogP) is 5.07. The average molecular weight is 368 g/mol. The molecule has 0 bridgehead atoms. The Morgan fingerprint density at radius 1 is 0.955 bits per heavy atom. The van der Waals surface area contributed by atoms with Crippen LogP contribution in [0.15, 0.2) is 12.1 Å². The lowest BCUT2D eigenvalue weighted by Crippen LogP contribution is -2.10. The molecule has 0 aromatic heterocycles. The number of carbonyl (C=O) groups excluding carboxylic acids is 2. The molecule has 0 radical (unpaired) electrons. The molecule has 1 rings (SSSR count). The Labute approximate surface area is 144 Å². The lowest BCUT2D eigenvalue weighted by Gasteiger charge is -2.08. The third-order valence-electron chi connectivity index (χ3n) is 2.72. The van der Waals surface area contributed by atoms with Crippen LogP contribution >= 0.6 is 34.8 Å². The molecule has 0 amide bonds. The molecule has 22 heavy (non-hydrogen) atoms. The van der Waals surface area contributed by atoms with Crippen LogP contribution in [-0.4, -0.2) is 18.5 Å². The van der Waals surface area contributed by atoms with Crippen LogP contribution in [0.3, 0.4) is 0 Å². The van der Waals surface area contributed by atoms with Gasteiger partial charge in [0.25, 0.3) is 0 Å². The van der Waals surface area contributed by atoms with E-state index in [0.29, 0.717) is 13.0 Å². The molecule has 0 aliphatic carbocycles. The zero-order valence-electron chi connectivity index (χ0n) is 12.2. The maximum atomic E-state index is 11.7. The Hall–Kier alpha value is -0.970.